The number of fused-ring (bicyclic) bond motifs is 7. The molecule has 60 heavy (non-hydrogen) atoms. The van der Waals surface area contributed by atoms with E-state index in [0.29, 0.717) is 45.8 Å². The highest BCUT2D eigenvalue weighted by atomic mass is 16.3. The number of rotatable bonds is 6. The van der Waals surface area contributed by atoms with Crippen LogP contribution >= 0.6 is 0 Å². The molecule has 8 heteroatoms. The highest BCUT2D eigenvalue weighted by Gasteiger charge is 2.20. The van der Waals surface area contributed by atoms with Gasteiger partial charge in [0.15, 0.2) is 28.9 Å². The van der Waals surface area contributed by atoms with E-state index in [1.807, 2.05) is 78.9 Å². The first kappa shape index (κ1) is 33.7. The van der Waals surface area contributed by atoms with Gasteiger partial charge in [0.25, 0.3) is 0 Å². The summed E-state index contributed by atoms with van der Waals surface area (Å²) in [5.41, 5.74) is 10.3. The van der Waals surface area contributed by atoms with E-state index < -0.39 is 0 Å². The molecule has 0 radical (unpaired) electrons. The third-order valence-corrected chi connectivity index (χ3v) is 11.1. The number of benzene rings is 7. The third kappa shape index (κ3) is 5.61. The fraction of sp³-hybridized carbons (Fsp3) is 0. The van der Waals surface area contributed by atoms with Gasteiger partial charge in [0.1, 0.15) is 11.2 Å². The second kappa shape index (κ2) is 13.6. The molecule has 280 valence electrons. The van der Waals surface area contributed by atoms with Crippen LogP contribution in [0.5, 0.6) is 0 Å². The Balaban J connectivity index is 0.958. The molecule has 0 saturated heterocycles. The quantitative estimate of drug-likeness (QED) is 0.166. The van der Waals surface area contributed by atoms with Crippen LogP contribution in [0.2, 0.25) is 0 Å². The maximum absolute atomic E-state index is 6.35. The summed E-state index contributed by atoms with van der Waals surface area (Å²) in [6.45, 7) is 0. The Hall–Kier alpha value is -8.36. The first-order chi connectivity index (χ1) is 29.7. The van der Waals surface area contributed by atoms with Crippen molar-refractivity contribution in [2.24, 2.45) is 0 Å². The highest BCUT2D eigenvalue weighted by Crippen LogP contribution is 2.37. The van der Waals surface area contributed by atoms with Crippen molar-refractivity contribution in [1.82, 2.24) is 34.5 Å². The van der Waals surface area contributed by atoms with Crippen LogP contribution in [0.15, 0.2) is 193 Å². The lowest BCUT2D eigenvalue weighted by atomic mass is 10.0. The molecule has 5 aromatic heterocycles. The summed E-state index contributed by atoms with van der Waals surface area (Å²) < 4.78 is 8.65. The maximum atomic E-state index is 6.35. The van der Waals surface area contributed by atoms with Crippen LogP contribution in [0.1, 0.15) is 0 Å². The predicted octanol–water partition coefficient (Wildman–Crippen LogP) is 12.5. The lowest BCUT2D eigenvalue weighted by Gasteiger charge is -2.11. The monoisotopic (exact) mass is 769 g/mol. The van der Waals surface area contributed by atoms with E-state index in [9.17, 15) is 0 Å². The lowest BCUT2D eigenvalue weighted by Crippen LogP contribution is -2.00. The molecule has 7 aromatic carbocycles. The number of hydrogen-bond donors (Lipinski definition) is 0. The van der Waals surface area contributed by atoms with E-state index in [1.165, 1.54) is 10.8 Å². The summed E-state index contributed by atoms with van der Waals surface area (Å²) in [6, 6.07) is 62.1. The number of pyridine rings is 1. The topological polar surface area (TPSA) is 95.4 Å². The normalized spacial score (nSPS) is 11.7. The summed E-state index contributed by atoms with van der Waals surface area (Å²) in [4.78, 5) is 29.8. The van der Waals surface area contributed by atoms with E-state index in [2.05, 4.69) is 113 Å². The van der Waals surface area contributed by atoms with Crippen molar-refractivity contribution in [1.29, 1.82) is 0 Å². The lowest BCUT2D eigenvalue weighted by molar-refractivity contribution is 0.652. The smallest absolute Gasteiger partial charge is 0.229 e. The average molecular weight is 770 g/mol. The van der Waals surface area contributed by atoms with Crippen LogP contribution in [-0.4, -0.2) is 34.5 Å². The third-order valence-electron chi connectivity index (χ3n) is 11.1. The van der Waals surface area contributed by atoms with Crippen LogP contribution in [0.3, 0.4) is 0 Å². The molecule has 12 aromatic rings. The largest absolute Gasteiger partial charge is 0.434 e. The zero-order valence-electron chi connectivity index (χ0n) is 31.9. The zero-order valence-corrected chi connectivity index (χ0v) is 31.9. The van der Waals surface area contributed by atoms with Crippen LogP contribution in [0.4, 0.5) is 0 Å². The molecule has 0 unspecified atom stereocenters. The van der Waals surface area contributed by atoms with E-state index in [0.717, 1.165) is 60.7 Å². The molecule has 12 rings (SSSR count). The van der Waals surface area contributed by atoms with Gasteiger partial charge < -0.3 is 8.98 Å². The van der Waals surface area contributed by atoms with Crippen molar-refractivity contribution < 1.29 is 4.42 Å². The number of nitrogens with zero attached hydrogens (tertiary/aromatic N) is 7. The van der Waals surface area contributed by atoms with Crippen molar-refractivity contribution in [3.8, 4) is 62.5 Å². The van der Waals surface area contributed by atoms with E-state index in [-0.39, 0.29) is 0 Å². The van der Waals surface area contributed by atoms with Gasteiger partial charge in [-0.1, -0.05) is 127 Å². The number of para-hydroxylation sites is 2. The van der Waals surface area contributed by atoms with Crippen LogP contribution in [0, 0.1) is 0 Å². The summed E-state index contributed by atoms with van der Waals surface area (Å²) >= 11 is 0. The summed E-state index contributed by atoms with van der Waals surface area (Å²) in [5, 5.41) is 5.56. The Labute approximate surface area is 343 Å². The van der Waals surface area contributed by atoms with E-state index in [4.69, 9.17) is 29.3 Å². The minimum Gasteiger partial charge on any atom is -0.434 e. The molecular formula is C52H31N7O. The van der Waals surface area contributed by atoms with Gasteiger partial charge in [-0.3, -0.25) is 0 Å². The van der Waals surface area contributed by atoms with Crippen LogP contribution < -0.4 is 0 Å². The second-order valence-corrected chi connectivity index (χ2v) is 14.8. The van der Waals surface area contributed by atoms with Gasteiger partial charge in [-0.05, 0) is 65.4 Å². The molecule has 0 aliphatic rings. The Kier molecular flexibility index (Phi) is 7.67. The van der Waals surface area contributed by atoms with Crippen LogP contribution in [0.25, 0.3) is 117 Å². The number of furan rings is 1. The van der Waals surface area contributed by atoms with Crippen molar-refractivity contribution in [3.05, 3.63) is 188 Å². The number of aromatic nitrogens is 7. The van der Waals surface area contributed by atoms with Crippen LogP contribution in [-0.2, 0) is 0 Å². The first-order valence-electron chi connectivity index (χ1n) is 19.8. The van der Waals surface area contributed by atoms with Gasteiger partial charge >= 0.3 is 0 Å². The van der Waals surface area contributed by atoms with Gasteiger partial charge in [-0.15, -0.1) is 0 Å². The molecule has 0 atom stereocenters. The van der Waals surface area contributed by atoms with Gasteiger partial charge in [0.2, 0.25) is 5.71 Å². The molecular weight excluding hydrogens is 739 g/mol. The molecule has 0 bridgehead atoms. The fourth-order valence-corrected chi connectivity index (χ4v) is 8.22. The van der Waals surface area contributed by atoms with Gasteiger partial charge in [-0.25, -0.2) is 29.9 Å². The molecule has 0 N–H and O–H groups in total. The first-order valence-corrected chi connectivity index (χ1v) is 19.8. The SMILES string of the molecule is c1ccc(-c2nc(-c3ccc(-c4nc(-c5ccc6ccccc6c5)nc5c4oc4ncccc45)cc3)nc(-c3ccc(-n4c5ccccc5c5ccccc54)cc3)n2)cc1. The summed E-state index contributed by atoms with van der Waals surface area (Å²) in [7, 11) is 0. The second-order valence-electron chi connectivity index (χ2n) is 14.8. The molecule has 0 aliphatic carbocycles. The number of hydrogen-bond acceptors (Lipinski definition) is 7. The highest BCUT2D eigenvalue weighted by molar-refractivity contribution is 6.09. The van der Waals surface area contributed by atoms with Crippen molar-refractivity contribution >= 4 is 54.8 Å². The molecule has 0 spiro atoms. The molecule has 0 fully saturated rings. The van der Waals surface area contributed by atoms with E-state index >= 15 is 0 Å². The Bertz CT molecular complexity index is 3540. The summed E-state index contributed by atoms with van der Waals surface area (Å²) in [6.07, 6.45) is 1.73. The van der Waals surface area contributed by atoms with Crippen molar-refractivity contribution in [2.75, 3.05) is 0 Å². The molecule has 0 aliphatic heterocycles. The Morgan fingerprint density at radius 2 is 0.917 bits per heavy atom. The van der Waals surface area contributed by atoms with Crippen molar-refractivity contribution in [2.45, 2.75) is 0 Å². The zero-order chi connectivity index (χ0) is 39.6. The summed E-state index contributed by atoms with van der Waals surface area (Å²) in [5.74, 6) is 2.36. The van der Waals surface area contributed by atoms with Gasteiger partial charge in [-0.2, -0.15) is 0 Å². The van der Waals surface area contributed by atoms with E-state index in [1.54, 1.807) is 6.20 Å². The fourth-order valence-electron chi connectivity index (χ4n) is 8.22. The Morgan fingerprint density at radius 3 is 1.62 bits per heavy atom. The molecule has 8 nitrogen and oxygen atoms in total. The average Bonchev–Trinajstić information content (AvgIpc) is 3.87. The maximum Gasteiger partial charge on any atom is 0.229 e. The standard InChI is InChI=1S/C52H31N7O/c1-2-12-34(13-3-1)48-56-49(58-50(57-48)36-26-28-39(29-27-36)59-43-18-8-6-15-40(43)41-16-7-9-19-44(41)59)35-23-21-33(22-24-35)45-47-46(42-17-10-30-53-52(42)60-47)55-51(54-45)38-25-20-32-11-4-5-14-37(32)31-38/h1-31H. The predicted molar refractivity (Wildman–Crippen MR) is 240 cm³/mol. The molecule has 5 heterocycles. The minimum absolute atomic E-state index is 0.518. The van der Waals surface area contributed by atoms with Crippen molar-refractivity contribution in [3.63, 3.8) is 0 Å². The van der Waals surface area contributed by atoms with Gasteiger partial charge in [0.05, 0.1) is 16.4 Å². The molecule has 0 amide bonds. The van der Waals surface area contributed by atoms with Gasteiger partial charge in [0, 0.05) is 50.5 Å². The Morgan fingerprint density at radius 1 is 0.383 bits per heavy atom. The molecule has 0 saturated carbocycles. The minimum atomic E-state index is 0.518.